The maximum atomic E-state index is 14.1. The number of thioether (sulfide) groups is 1. The molecule has 4 rings (SSSR count). The van der Waals surface area contributed by atoms with Crippen molar-refractivity contribution < 1.29 is 19.5 Å². The summed E-state index contributed by atoms with van der Waals surface area (Å²) < 4.78 is -1.08. The molecule has 3 N–H and O–H groups in total. The molecule has 3 heterocycles. The number of hydrogen-bond donors (Lipinski definition) is 3. The Bertz CT molecular complexity index is 994. The second kappa shape index (κ2) is 8.86. The summed E-state index contributed by atoms with van der Waals surface area (Å²) in [5.74, 6) is -1.39. The third-order valence-corrected chi connectivity index (χ3v) is 10.1. The van der Waals surface area contributed by atoms with Crippen molar-refractivity contribution >= 4 is 35.2 Å². The second-order valence-electron chi connectivity index (χ2n) is 10.8. The van der Waals surface area contributed by atoms with Crippen LogP contribution in [0.2, 0.25) is 0 Å². The highest BCUT2D eigenvalue weighted by atomic mass is 32.2. The minimum Gasteiger partial charge on any atom is -0.394 e. The fourth-order valence-corrected chi connectivity index (χ4v) is 8.98. The third kappa shape index (κ3) is 3.65. The fraction of sp³-hybridized carbons (Fsp3) is 0.654. The van der Waals surface area contributed by atoms with E-state index in [0.717, 1.165) is 23.2 Å². The predicted octanol–water partition coefficient (Wildman–Crippen LogP) is 2.88. The van der Waals surface area contributed by atoms with E-state index in [-0.39, 0.29) is 30.2 Å². The minimum absolute atomic E-state index is 0.143. The molecule has 3 aliphatic heterocycles. The van der Waals surface area contributed by atoms with Crippen molar-refractivity contribution in [2.75, 3.05) is 19.0 Å². The molecule has 2 bridgehead atoms. The minimum atomic E-state index is -0.749. The molecule has 1 aromatic rings. The Kier molecular flexibility index (Phi) is 6.53. The molecule has 186 valence electrons. The molecule has 0 radical (unpaired) electrons. The molecule has 0 aliphatic carbocycles. The molecule has 7 nitrogen and oxygen atoms in total. The first-order chi connectivity index (χ1) is 16.0. The van der Waals surface area contributed by atoms with E-state index in [9.17, 15) is 19.5 Å². The molecule has 3 saturated heterocycles. The summed E-state index contributed by atoms with van der Waals surface area (Å²) in [4.78, 5) is 42.8. The molecular formula is C26H37N3O4S. The van der Waals surface area contributed by atoms with Gasteiger partial charge in [0.25, 0.3) is 0 Å². The van der Waals surface area contributed by atoms with Gasteiger partial charge in [0.2, 0.25) is 17.7 Å². The molecule has 0 saturated carbocycles. The molecule has 3 aliphatic rings. The number of aryl methyl sites for hydroxylation is 2. The number of amides is 3. The molecule has 3 fully saturated rings. The van der Waals surface area contributed by atoms with Crippen molar-refractivity contribution in [3.05, 3.63) is 29.3 Å². The molecule has 0 aromatic heterocycles. The van der Waals surface area contributed by atoms with E-state index >= 15 is 0 Å². The monoisotopic (exact) mass is 487 g/mol. The van der Waals surface area contributed by atoms with Crippen molar-refractivity contribution in [1.29, 1.82) is 0 Å². The summed E-state index contributed by atoms with van der Waals surface area (Å²) in [6, 6.07) is 4.64. The van der Waals surface area contributed by atoms with Crippen molar-refractivity contribution in [3.63, 3.8) is 0 Å². The van der Waals surface area contributed by atoms with E-state index in [0.29, 0.717) is 12.8 Å². The van der Waals surface area contributed by atoms with Crippen LogP contribution in [0.15, 0.2) is 18.2 Å². The first-order valence-corrected chi connectivity index (χ1v) is 13.0. The zero-order valence-electron chi connectivity index (χ0n) is 21.0. The Hall–Kier alpha value is -2.06. The van der Waals surface area contributed by atoms with E-state index in [1.165, 1.54) is 0 Å². The Labute approximate surface area is 206 Å². The van der Waals surface area contributed by atoms with E-state index < -0.39 is 33.4 Å². The highest BCUT2D eigenvalue weighted by Crippen LogP contribution is 2.71. The van der Waals surface area contributed by atoms with Crippen molar-refractivity contribution in [2.24, 2.45) is 17.8 Å². The first kappa shape index (κ1) is 25.0. The Morgan fingerprint density at radius 3 is 2.41 bits per heavy atom. The van der Waals surface area contributed by atoms with Crippen LogP contribution < -0.4 is 10.6 Å². The van der Waals surface area contributed by atoms with Gasteiger partial charge in [-0.25, -0.2) is 0 Å². The summed E-state index contributed by atoms with van der Waals surface area (Å²) >= 11 is 1.65. The van der Waals surface area contributed by atoms with Gasteiger partial charge in [0.05, 0.1) is 29.2 Å². The highest BCUT2D eigenvalue weighted by Gasteiger charge is 2.77. The van der Waals surface area contributed by atoms with Gasteiger partial charge in [-0.15, -0.1) is 11.8 Å². The van der Waals surface area contributed by atoms with E-state index in [1.54, 1.807) is 23.7 Å². The zero-order valence-corrected chi connectivity index (χ0v) is 21.8. The topological polar surface area (TPSA) is 98.7 Å². The number of anilines is 1. The first-order valence-electron chi connectivity index (χ1n) is 12.2. The summed E-state index contributed by atoms with van der Waals surface area (Å²) in [7, 11) is 1.60. The number of benzene rings is 1. The van der Waals surface area contributed by atoms with Crippen molar-refractivity contribution in [2.45, 2.75) is 75.5 Å². The number of nitrogens with zero attached hydrogens (tertiary/aromatic N) is 1. The number of carbonyl (C=O) groups is 3. The average Bonchev–Trinajstić information content (AvgIpc) is 3.34. The molecule has 8 heteroatoms. The van der Waals surface area contributed by atoms with Crippen LogP contribution >= 0.6 is 11.8 Å². The van der Waals surface area contributed by atoms with Crippen LogP contribution in [0.5, 0.6) is 0 Å². The summed E-state index contributed by atoms with van der Waals surface area (Å²) in [5.41, 5.74) is 2.67. The van der Waals surface area contributed by atoms with Crippen LogP contribution in [0, 0.1) is 31.6 Å². The molecule has 1 spiro atoms. The van der Waals surface area contributed by atoms with Crippen LogP contribution in [-0.4, -0.2) is 63.0 Å². The van der Waals surface area contributed by atoms with Crippen LogP contribution in [0.25, 0.3) is 0 Å². The number of likely N-dealkylation sites (tertiary alicyclic amines) is 1. The third-order valence-electron chi connectivity index (χ3n) is 8.07. The highest BCUT2D eigenvalue weighted by molar-refractivity contribution is 8.02. The van der Waals surface area contributed by atoms with Crippen LogP contribution in [-0.2, 0) is 14.4 Å². The normalized spacial score (nSPS) is 32.8. The smallest absolute Gasteiger partial charge is 0.248 e. The number of hydrogen-bond acceptors (Lipinski definition) is 5. The maximum absolute atomic E-state index is 14.1. The molecule has 34 heavy (non-hydrogen) atoms. The largest absolute Gasteiger partial charge is 0.394 e. The van der Waals surface area contributed by atoms with Gasteiger partial charge >= 0.3 is 0 Å². The van der Waals surface area contributed by atoms with E-state index in [1.807, 2.05) is 45.9 Å². The maximum Gasteiger partial charge on any atom is 0.248 e. The zero-order chi connectivity index (χ0) is 25.0. The molecule has 1 aromatic carbocycles. The number of aliphatic hydroxyl groups excluding tert-OH is 1. The quantitative estimate of drug-likeness (QED) is 0.549. The number of aliphatic hydroxyl groups is 1. The summed E-state index contributed by atoms with van der Waals surface area (Å²) in [6.07, 6.45) is 2.05. The van der Waals surface area contributed by atoms with Crippen LogP contribution in [0.3, 0.4) is 0 Å². The van der Waals surface area contributed by atoms with Gasteiger partial charge in [-0.3, -0.25) is 14.4 Å². The molecule has 6 atom stereocenters. The SMILES string of the molecule is CNC(=O)[C@H]1[C@H]2C(=O)N([C@@H](CO)CC(C)C)C(C(=O)Nc3c(C)cccc3C)C23CC[C@]1(C)S3. The fourth-order valence-electron chi connectivity index (χ4n) is 6.64. The Morgan fingerprint density at radius 1 is 1.21 bits per heavy atom. The lowest BCUT2D eigenvalue weighted by atomic mass is 9.66. The lowest BCUT2D eigenvalue weighted by Crippen LogP contribution is -2.55. The van der Waals surface area contributed by atoms with Gasteiger partial charge < -0.3 is 20.6 Å². The summed E-state index contributed by atoms with van der Waals surface area (Å²) in [6.45, 7) is 9.84. The molecular weight excluding hydrogens is 450 g/mol. The lowest BCUT2D eigenvalue weighted by Gasteiger charge is -2.37. The van der Waals surface area contributed by atoms with E-state index in [2.05, 4.69) is 17.6 Å². The lowest BCUT2D eigenvalue weighted by molar-refractivity contribution is -0.142. The van der Waals surface area contributed by atoms with Crippen molar-refractivity contribution in [3.8, 4) is 0 Å². The number of nitrogens with one attached hydrogen (secondary N) is 2. The Balaban J connectivity index is 1.81. The summed E-state index contributed by atoms with van der Waals surface area (Å²) in [5, 5.41) is 16.2. The van der Waals surface area contributed by atoms with Gasteiger partial charge in [-0.1, -0.05) is 32.0 Å². The van der Waals surface area contributed by atoms with Crippen LogP contribution in [0.4, 0.5) is 5.69 Å². The number of rotatable bonds is 7. The van der Waals surface area contributed by atoms with Crippen LogP contribution in [0.1, 0.15) is 51.2 Å². The van der Waals surface area contributed by atoms with Gasteiger partial charge in [0, 0.05) is 17.5 Å². The average molecular weight is 488 g/mol. The number of para-hydroxylation sites is 1. The number of carbonyl (C=O) groups excluding carboxylic acids is 3. The van der Waals surface area contributed by atoms with Gasteiger partial charge in [-0.2, -0.15) is 0 Å². The molecule has 3 amide bonds. The predicted molar refractivity (Wildman–Crippen MR) is 135 cm³/mol. The standard InChI is InChI=1S/C26H37N3O4S/c1-14(2)12-17(13-30)29-21(23(32)28-20-15(3)8-7-9-16(20)4)26-11-10-25(5,34-26)18(22(31)27-6)19(26)24(29)33/h7-9,14,17-19,21,30H,10-13H2,1-6H3,(H,27,31)(H,28,32)/t17-,18-,19+,21?,25+,26?/m1/s1. The molecule has 2 unspecified atom stereocenters. The van der Waals surface area contributed by atoms with Gasteiger partial charge in [0.15, 0.2) is 0 Å². The second-order valence-corrected chi connectivity index (χ2v) is 12.7. The van der Waals surface area contributed by atoms with Gasteiger partial charge in [0.1, 0.15) is 6.04 Å². The Morgan fingerprint density at radius 2 is 1.85 bits per heavy atom. The van der Waals surface area contributed by atoms with Gasteiger partial charge in [-0.05, 0) is 57.1 Å². The van der Waals surface area contributed by atoms with E-state index in [4.69, 9.17) is 0 Å². The van der Waals surface area contributed by atoms with Crippen molar-refractivity contribution in [1.82, 2.24) is 10.2 Å². The number of fused-ring (bicyclic) bond motifs is 1.